The molecule has 1 aliphatic heterocycles. The normalized spacial score (nSPS) is 22.4. The Balaban J connectivity index is 1.63. The number of fused-ring (bicyclic) bond motifs is 1. The highest BCUT2D eigenvalue weighted by Gasteiger charge is 2.38. The molecule has 0 radical (unpaired) electrons. The van der Waals surface area contributed by atoms with Gasteiger partial charge in [0.05, 0.1) is 13.2 Å². The lowest BCUT2D eigenvalue weighted by Crippen LogP contribution is -2.42. The molecule has 0 spiro atoms. The summed E-state index contributed by atoms with van der Waals surface area (Å²) in [5, 5.41) is 2.66. The number of hydrogen-bond acceptors (Lipinski definition) is 5. The maximum absolute atomic E-state index is 12.3. The summed E-state index contributed by atoms with van der Waals surface area (Å²) in [6, 6.07) is 8.16. The second-order valence-electron chi connectivity index (χ2n) is 5.30. The van der Waals surface area contributed by atoms with Gasteiger partial charge in [-0.2, -0.15) is 0 Å². The van der Waals surface area contributed by atoms with Crippen LogP contribution in [0.5, 0.6) is 0 Å². The molecule has 1 saturated heterocycles. The maximum Gasteiger partial charge on any atom is 0.219 e. The minimum Gasteiger partial charge on any atom is -0.378 e. The molecule has 0 bridgehead atoms. The standard InChI is InChI=1S/C15H19NO4S2/c1-19-13-8-20-9-15(13)22(17,18)16-7-6-11-10-21-14-5-3-2-4-12(11)14/h2-5,10,13,15-16H,6-9H2,1H3. The van der Waals surface area contributed by atoms with E-state index in [0.29, 0.717) is 19.6 Å². The Kier molecular flexibility index (Phi) is 4.79. The van der Waals surface area contributed by atoms with Crippen LogP contribution in [0, 0.1) is 0 Å². The second kappa shape index (κ2) is 6.64. The minimum absolute atomic E-state index is 0.190. The molecule has 1 N–H and O–H groups in total. The van der Waals surface area contributed by atoms with Gasteiger partial charge in [-0.05, 0) is 28.8 Å². The van der Waals surface area contributed by atoms with E-state index in [9.17, 15) is 8.42 Å². The van der Waals surface area contributed by atoms with E-state index in [1.807, 2.05) is 12.1 Å². The van der Waals surface area contributed by atoms with E-state index in [1.54, 1.807) is 11.3 Å². The lowest BCUT2D eigenvalue weighted by Gasteiger charge is -2.17. The number of thiophene rings is 1. The minimum atomic E-state index is -3.42. The van der Waals surface area contributed by atoms with Crippen LogP contribution in [0.15, 0.2) is 29.6 Å². The highest BCUT2D eigenvalue weighted by Crippen LogP contribution is 2.25. The van der Waals surface area contributed by atoms with E-state index < -0.39 is 15.3 Å². The zero-order valence-corrected chi connectivity index (χ0v) is 14.0. The largest absolute Gasteiger partial charge is 0.378 e. The molecule has 1 aromatic heterocycles. The van der Waals surface area contributed by atoms with Crippen LogP contribution >= 0.6 is 11.3 Å². The monoisotopic (exact) mass is 341 g/mol. The van der Waals surface area contributed by atoms with Crippen LogP contribution in [0.4, 0.5) is 0 Å². The number of sulfonamides is 1. The molecule has 0 amide bonds. The summed E-state index contributed by atoms with van der Waals surface area (Å²) >= 11 is 1.68. The van der Waals surface area contributed by atoms with Gasteiger partial charge in [0.2, 0.25) is 10.0 Å². The molecule has 3 rings (SSSR count). The van der Waals surface area contributed by atoms with Crippen molar-refractivity contribution in [1.82, 2.24) is 4.72 Å². The maximum atomic E-state index is 12.3. The van der Waals surface area contributed by atoms with Gasteiger partial charge in [-0.15, -0.1) is 11.3 Å². The molecule has 2 heterocycles. The predicted molar refractivity (Wildman–Crippen MR) is 87.9 cm³/mol. The first-order valence-electron chi connectivity index (χ1n) is 7.16. The zero-order chi connectivity index (χ0) is 15.6. The van der Waals surface area contributed by atoms with Crippen molar-refractivity contribution in [3.05, 3.63) is 35.2 Å². The summed E-state index contributed by atoms with van der Waals surface area (Å²) in [6.07, 6.45) is 0.286. The van der Waals surface area contributed by atoms with Gasteiger partial charge < -0.3 is 9.47 Å². The molecule has 0 saturated carbocycles. The molecule has 2 atom stereocenters. The van der Waals surface area contributed by atoms with Crippen molar-refractivity contribution >= 4 is 31.4 Å². The summed E-state index contributed by atoms with van der Waals surface area (Å²) in [6.45, 7) is 0.905. The molecule has 7 heteroatoms. The zero-order valence-electron chi connectivity index (χ0n) is 12.3. The molecule has 1 aliphatic rings. The molecule has 1 aromatic carbocycles. The van der Waals surface area contributed by atoms with Gasteiger partial charge in [0.25, 0.3) is 0 Å². The molecule has 1 fully saturated rings. The summed E-state index contributed by atoms with van der Waals surface area (Å²) in [7, 11) is -1.91. The summed E-state index contributed by atoms with van der Waals surface area (Å²) in [4.78, 5) is 0. The molecule has 22 heavy (non-hydrogen) atoms. The first-order valence-corrected chi connectivity index (χ1v) is 9.58. The Hall–Kier alpha value is -0.990. The average molecular weight is 341 g/mol. The summed E-state index contributed by atoms with van der Waals surface area (Å²) < 4.78 is 39.0. The second-order valence-corrected chi connectivity index (χ2v) is 8.19. The first kappa shape index (κ1) is 15.9. The summed E-state index contributed by atoms with van der Waals surface area (Å²) in [5.74, 6) is 0. The van der Waals surface area contributed by atoms with Crippen LogP contribution in [-0.2, 0) is 25.9 Å². The van der Waals surface area contributed by atoms with Gasteiger partial charge in [-0.1, -0.05) is 18.2 Å². The van der Waals surface area contributed by atoms with Crippen molar-refractivity contribution in [3.8, 4) is 0 Å². The first-order chi connectivity index (χ1) is 10.6. The molecule has 2 unspecified atom stereocenters. The molecule has 5 nitrogen and oxygen atoms in total. The molecule has 0 aliphatic carbocycles. The van der Waals surface area contributed by atoms with Crippen LogP contribution in [-0.4, -0.2) is 46.6 Å². The van der Waals surface area contributed by atoms with Crippen molar-refractivity contribution in [1.29, 1.82) is 0 Å². The highest BCUT2D eigenvalue weighted by molar-refractivity contribution is 7.90. The number of ether oxygens (including phenoxy) is 2. The SMILES string of the molecule is COC1COCC1S(=O)(=O)NCCc1csc2ccccc12. The molecule has 120 valence electrons. The fraction of sp³-hybridized carbons (Fsp3) is 0.467. The van der Waals surface area contributed by atoms with Crippen LogP contribution < -0.4 is 4.72 Å². The topological polar surface area (TPSA) is 64.6 Å². The van der Waals surface area contributed by atoms with Crippen molar-refractivity contribution < 1.29 is 17.9 Å². The number of nitrogens with one attached hydrogen (secondary N) is 1. The van der Waals surface area contributed by atoms with Crippen LogP contribution in [0.3, 0.4) is 0 Å². The highest BCUT2D eigenvalue weighted by atomic mass is 32.2. The fourth-order valence-electron chi connectivity index (χ4n) is 2.69. The predicted octanol–water partition coefficient (Wildman–Crippen LogP) is 1.78. The third-order valence-corrected chi connectivity index (χ3v) is 6.79. The molecule has 2 aromatic rings. The lowest BCUT2D eigenvalue weighted by molar-refractivity contribution is 0.0828. The van der Waals surface area contributed by atoms with Crippen molar-refractivity contribution in [2.75, 3.05) is 26.9 Å². The van der Waals surface area contributed by atoms with Crippen LogP contribution in [0.2, 0.25) is 0 Å². The van der Waals surface area contributed by atoms with Gasteiger partial charge in [0, 0.05) is 18.4 Å². The molecular formula is C15H19NO4S2. The van der Waals surface area contributed by atoms with E-state index >= 15 is 0 Å². The van der Waals surface area contributed by atoms with Crippen molar-refractivity contribution in [2.24, 2.45) is 0 Å². The fourth-order valence-corrected chi connectivity index (χ4v) is 5.15. The van der Waals surface area contributed by atoms with Gasteiger partial charge in [-0.25, -0.2) is 13.1 Å². The Morgan fingerprint density at radius 3 is 3.00 bits per heavy atom. The Morgan fingerprint density at radius 2 is 2.18 bits per heavy atom. The van der Waals surface area contributed by atoms with E-state index in [0.717, 1.165) is 0 Å². The number of benzene rings is 1. The Labute approximate surface area is 134 Å². The number of methoxy groups -OCH3 is 1. The third-order valence-electron chi connectivity index (χ3n) is 3.94. The van der Waals surface area contributed by atoms with E-state index in [2.05, 4.69) is 22.2 Å². The van der Waals surface area contributed by atoms with Crippen LogP contribution in [0.1, 0.15) is 5.56 Å². The van der Waals surface area contributed by atoms with E-state index in [-0.39, 0.29) is 12.7 Å². The van der Waals surface area contributed by atoms with E-state index in [4.69, 9.17) is 9.47 Å². The van der Waals surface area contributed by atoms with Crippen molar-refractivity contribution in [3.63, 3.8) is 0 Å². The lowest BCUT2D eigenvalue weighted by atomic mass is 10.1. The van der Waals surface area contributed by atoms with Gasteiger partial charge in [0.15, 0.2) is 0 Å². The average Bonchev–Trinajstić information content (AvgIpc) is 3.14. The Morgan fingerprint density at radius 1 is 1.36 bits per heavy atom. The van der Waals surface area contributed by atoms with Gasteiger partial charge in [-0.3, -0.25) is 0 Å². The quantitative estimate of drug-likeness (QED) is 0.870. The van der Waals surface area contributed by atoms with E-state index in [1.165, 1.54) is 22.8 Å². The van der Waals surface area contributed by atoms with Crippen molar-refractivity contribution in [2.45, 2.75) is 17.8 Å². The third kappa shape index (κ3) is 3.18. The van der Waals surface area contributed by atoms with Crippen LogP contribution in [0.25, 0.3) is 10.1 Å². The summed E-state index contributed by atoms with van der Waals surface area (Å²) in [5.41, 5.74) is 1.18. The molecular weight excluding hydrogens is 322 g/mol. The number of rotatable bonds is 6. The number of hydrogen-bond donors (Lipinski definition) is 1. The Bertz CT molecular complexity index is 741. The smallest absolute Gasteiger partial charge is 0.219 e. The van der Waals surface area contributed by atoms with Gasteiger partial charge >= 0.3 is 0 Å². The van der Waals surface area contributed by atoms with Gasteiger partial charge in [0.1, 0.15) is 11.4 Å².